The van der Waals surface area contributed by atoms with Gasteiger partial charge in [-0.05, 0) is 32.4 Å². The van der Waals surface area contributed by atoms with Crippen LogP contribution in [0.1, 0.15) is 29.5 Å². The van der Waals surface area contributed by atoms with Gasteiger partial charge in [0.2, 0.25) is 5.71 Å². The molecular weight excluding hydrogens is 336 g/mol. The average molecular weight is 356 g/mol. The van der Waals surface area contributed by atoms with Gasteiger partial charge in [-0.3, -0.25) is 9.36 Å². The lowest BCUT2D eigenvalue weighted by Crippen LogP contribution is -2.23. The number of aromatic nitrogens is 2. The molecule has 0 radical (unpaired) electrons. The number of hydrogen-bond donors (Lipinski definition) is 0. The third-order valence-corrected chi connectivity index (χ3v) is 3.89. The Labute approximate surface area is 150 Å². The quantitative estimate of drug-likeness (QED) is 0.478. The molecule has 0 aliphatic heterocycles. The number of carbonyl (C=O) groups is 1. The fraction of sp³-hybridized carbons (Fsp3) is 0.316. The summed E-state index contributed by atoms with van der Waals surface area (Å²) in [5.41, 5.74) is -0.0313. The molecule has 136 valence electrons. The molecule has 0 N–H and O–H groups in total. The van der Waals surface area contributed by atoms with Crippen molar-refractivity contribution in [2.75, 3.05) is 13.2 Å². The van der Waals surface area contributed by atoms with E-state index in [1.54, 1.807) is 13.8 Å². The van der Waals surface area contributed by atoms with E-state index < -0.39 is 5.97 Å². The molecule has 2 aromatic heterocycles. The molecule has 0 aliphatic carbocycles. The third kappa shape index (κ3) is 3.61. The number of aryl methyl sites for hydroxylation is 2. The fourth-order valence-corrected chi connectivity index (χ4v) is 2.69. The van der Waals surface area contributed by atoms with E-state index in [1.165, 1.54) is 10.9 Å². The zero-order chi connectivity index (χ0) is 18.5. The highest BCUT2D eigenvalue weighted by Gasteiger charge is 2.23. The number of para-hydroxylation sites is 1. The number of fused-ring (bicyclic) bond motifs is 1. The van der Waals surface area contributed by atoms with Crippen LogP contribution in [-0.4, -0.2) is 28.7 Å². The van der Waals surface area contributed by atoms with Crippen LogP contribution in [0.2, 0.25) is 0 Å². The van der Waals surface area contributed by atoms with Crippen LogP contribution >= 0.6 is 0 Å². The highest BCUT2D eigenvalue weighted by atomic mass is 16.5. The van der Waals surface area contributed by atoms with E-state index in [9.17, 15) is 9.59 Å². The highest BCUT2D eigenvalue weighted by Crippen LogP contribution is 2.21. The second-order valence-corrected chi connectivity index (χ2v) is 5.69. The van der Waals surface area contributed by atoms with Crippen LogP contribution in [0.15, 0.2) is 45.9 Å². The zero-order valence-corrected chi connectivity index (χ0v) is 14.7. The van der Waals surface area contributed by atoms with Crippen LogP contribution < -0.4 is 10.3 Å². The Morgan fingerprint density at radius 3 is 2.77 bits per heavy atom. The van der Waals surface area contributed by atoms with Crippen LogP contribution in [0.4, 0.5) is 0 Å². The Morgan fingerprint density at radius 1 is 1.27 bits per heavy atom. The lowest BCUT2D eigenvalue weighted by molar-refractivity contribution is 0.0526. The van der Waals surface area contributed by atoms with Crippen molar-refractivity contribution in [1.29, 1.82) is 0 Å². The summed E-state index contributed by atoms with van der Waals surface area (Å²) in [5.74, 6) is 0.532. The molecule has 0 atom stereocenters. The minimum atomic E-state index is -0.576. The zero-order valence-electron chi connectivity index (χ0n) is 14.7. The first-order valence-electron chi connectivity index (χ1n) is 8.45. The number of esters is 1. The molecule has 0 bridgehead atoms. The summed E-state index contributed by atoms with van der Waals surface area (Å²) in [4.78, 5) is 29.0. The molecular formula is C19H20N2O5. The SMILES string of the molecule is CCOC(=O)c1c(C)oc2ncn(CCCOc3ccccc3)c(=O)c12. The Balaban J connectivity index is 1.77. The molecule has 0 fully saturated rings. The third-order valence-electron chi connectivity index (χ3n) is 3.89. The van der Waals surface area contributed by atoms with E-state index in [0.717, 1.165) is 5.75 Å². The number of benzene rings is 1. The number of rotatable bonds is 7. The number of furan rings is 1. The van der Waals surface area contributed by atoms with E-state index in [2.05, 4.69) is 4.98 Å². The Morgan fingerprint density at radius 2 is 2.04 bits per heavy atom. The average Bonchev–Trinajstić information content (AvgIpc) is 2.98. The van der Waals surface area contributed by atoms with E-state index in [-0.39, 0.29) is 28.8 Å². The van der Waals surface area contributed by atoms with Gasteiger partial charge in [0.25, 0.3) is 5.56 Å². The van der Waals surface area contributed by atoms with Crippen LogP contribution in [0.5, 0.6) is 5.75 Å². The molecule has 7 heteroatoms. The Bertz CT molecular complexity index is 959. The Kier molecular flexibility index (Phi) is 5.36. The van der Waals surface area contributed by atoms with Gasteiger partial charge in [0.15, 0.2) is 0 Å². The number of nitrogens with zero attached hydrogens (tertiary/aromatic N) is 2. The normalized spacial score (nSPS) is 10.8. The smallest absolute Gasteiger partial charge is 0.342 e. The maximum Gasteiger partial charge on any atom is 0.342 e. The fourth-order valence-electron chi connectivity index (χ4n) is 2.69. The van der Waals surface area contributed by atoms with Crippen molar-refractivity contribution >= 4 is 17.1 Å². The van der Waals surface area contributed by atoms with Gasteiger partial charge in [-0.2, -0.15) is 0 Å². The largest absolute Gasteiger partial charge is 0.494 e. The molecule has 7 nitrogen and oxygen atoms in total. The van der Waals surface area contributed by atoms with Gasteiger partial charge in [-0.25, -0.2) is 9.78 Å². The van der Waals surface area contributed by atoms with Crippen LogP contribution in [0, 0.1) is 6.92 Å². The van der Waals surface area contributed by atoms with E-state index in [1.807, 2.05) is 30.3 Å². The molecule has 0 spiro atoms. The highest BCUT2D eigenvalue weighted by molar-refractivity contribution is 6.03. The van der Waals surface area contributed by atoms with E-state index >= 15 is 0 Å². The lowest BCUT2D eigenvalue weighted by atomic mass is 10.2. The molecule has 26 heavy (non-hydrogen) atoms. The van der Waals surface area contributed by atoms with Crippen molar-refractivity contribution in [3.63, 3.8) is 0 Å². The van der Waals surface area contributed by atoms with Crippen LogP contribution in [0.25, 0.3) is 11.1 Å². The topological polar surface area (TPSA) is 83.6 Å². The molecule has 0 amide bonds. The summed E-state index contributed by atoms with van der Waals surface area (Å²) in [6.45, 7) is 4.42. The minimum absolute atomic E-state index is 0.146. The van der Waals surface area contributed by atoms with E-state index in [0.29, 0.717) is 25.3 Å². The van der Waals surface area contributed by atoms with Gasteiger partial charge < -0.3 is 13.9 Å². The summed E-state index contributed by atoms with van der Waals surface area (Å²) in [6.07, 6.45) is 2.04. The first-order valence-corrected chi connectivity index (χ1v) is 8.45. The van der Waals surface area contributed by atoms with Gasteiger partial charge in [0, 0.05) is 6.54 Å². The van der Waals surface area contributed by atoms with Crippen LogP contribution in [0.3, 0.4) is 0 Å². The maximum absolute atomic E-state index is 12.7. The van der Waals surface area contributed by atoms with Crippen molar-refractivity contribution in [1.82, 2.24) is 9.55 Å². The number of carbonyl (C=O) groups excluding carboxylic acids is 1. The second-order valence-electron chi connectivity index (χ2n) is 5.69. The number of hydrogen-bond acceptors (Lipinski definition) is 6. The van der Waals surface area contributed by atoms with Gasteiger partial charge in [-0.1, -0.05) is 18.2 Å². The predicted octanol–water partition coefficient (Wildman–Crippen LogP) is 2.94. The molecule has 0 aliphatic rings. The van der Waals surface area contributed by atoms with Gasteiger partial charge in [0.05, 0.1) is 13.2 Å². The standard InChI is InChI=1S/C19H20N2O5/c1-3-24-19(23)15-13(2)26-17-16(15)18(22)21(12-20-17)10-7-11-25-14-8-5-4-6-9-14/h4-6,8-9,12H,3,7,10-11H2,1-2H3. The summed E-state index contributed by atoms with van der Waals surface area (Å²) in [5, 5.41) is 0.160. The van der Waals surface area contributed by atoms with Crippen molar-refractivity contribution in [3.8, 4) is 5.75 Å². The van der Waals surface area contributed by atoms with Gasteiger partial charge in [-0.15, -0.1) is 0 Å². The van der Waals surface area contributed by atoms with Crippen LogP contribution in [-0.2, 0) is 11.3 Å². The second kappa shape index (κ2) is 7.86. The van der Waals surface area contributed by atoms with Crippen molar-refractivity contribution in [2.24, 2.45) is 0 Å². The Hall–Kier alpha value is -3.09. The first-order chi connectivity index (χ1) is 12.6. The molecule has 0 saturated heterocycles. The van der Waals surface area contributed by atoms with E-state index in [4.69, 9.17) is 13.9 Å². The first kappa shape index (κ1) is 17.7. The molecule has 2 heterocycles. The summed E-state index contributed by atoms with van der Waals surface area (Å²) < 4.78 is 17.5. The summed E-state index contributed by atoms with van der Waals surface area (Å²) in [7, 11) is 0. The molecule has 0 unspecified atom stereocenters. The van der Waals surface area contributed by atoms with Gasteiger partial charge >= 0.3 is 5.97 Å². The van der Waals surface area contributed by atoms with Crippen molar-refractivity contribution in [3.05, 3.63) is 58.3 Å². The van der Waals surface area contributed by atoms with Gasteiger partial charge in [0.1, 0.15) is 28.8 Å². The summed E-state index contributed by atoms with van der Waals surface area (Å²) >= 11 is 0. The lowest BCUT2D eigenvalue weighted by Gasteiger charge is -2.07. The molecule has 1 aromatic carbocycles. The predicted molar refractivity (Wildman–Crippen MR) is 95.5 cm³/mol. The van der Waals surface area contributed by atoms with Crippen molar-refractivity contribution < 1.29 is 18.7 Å². The summed E-state index contributed by atoms with van der Waals surface area (Å²) in [6, 6.07) is 9.46. The monoisotopic (exact) mass is 356 g/mol. The van der Waals surface area contributed by atoms with Crippen molar-refractivity contribution in [2.45, 2.75) is 26.8 Å². The molecule has 3 rings (SSSR count). The molecule has 0 saturated carbocycles. The minimum Gasteiger partial charge on any atom is -0.494 e. The maximum atomic E-state index is 12.7. The molecule has 3 aromatic rings. The number of ether oxygens (including phenoxy) is 2.